The fraction of sp³-hybridized carbons (Fsp3) is 0.138. The number of nitrogens with zero attached hydrogens (tertiary/aromatic N) is 3. The summed E-state index contributed by atoms with van der Waals surface area (Å²) in [7, 11) is 5.59. The van der Waals surface area contributed by atoms with Gasteiger partial charge in [0.05, 0.1) is 29.8 Å². The van der Waals surface area contributed by atoms with Gasteiger partial charge in [0.15, 0.2) is 5.17 Å². The van der Waals surface area contributed by atoms with Gasteiger partial charge >= 0.3 is 5.97 Å². The van der Waals surface area contributed by atoms with Gasteiger partial charge in [-0.25, -0.2) is 9.79 Å². The number of carboxylic acid groups (broad SMARTS) is 1. The summed E-state index contributed by atoms with van der Waals surface area (Å²) in [5.74, 6) is -0.430. The van der Waals surface area contributed by atoms with E-state index < -0.39 is 5.97 Å². The monoisotopic (exact) mass is 513 g/mol. The van der Waals surface area contributed by atoms with E-state index >= 15 is 0 Å². The van der Waals surface area contributed by atoms with E-state index in [0.29, 0.717) is 15.8 Å². The maximum absolute atomic E-state index is 13.4. The Kier molecular flexibility index (Phi) is 8.10. The lowest BCUT2D eigenvalue weighted by molar-refractivity contribution is -0.122. The number of hydrogen-bond acceptors (Lipinski definition) is 6. The Morgan fingerprint density at radius 2 is 1.70 bits per heavy atom. The number of carboxylic acids is 1. The zero-order valence-electron chi connectivity index (χ0n) is 20.8. The largest absolute Gasteiger partial charge is 0.497 e. The maximum atomic E-state index is 13.4. The zero-order chi connectivity index (χ0) is 26.4. The molecule has 0 radical (unpaired) electrons. The maximum Gasteiger partial charge on any atom is 0.335 e. The van der Waals surface area contributed by atoms with E-state index in [2.05, 4.69) is 0 Å². The molecule has 1 aliphatic heterocycles. The average molecular weight is 514 g/mol. The molecule has 4 rings (SSSR count). The van der Waals surface area contributed by atoms with Crippen molar-refractivity contribution in [2.45, 2.75) is 6.54 Å². The third-order valence-corrected chi connectivity index (χ3v) is 6.70. The molecule has 1 N–H and O–H groups in total. The predicted molar refractivity (Wildman–Crippen MR) is 150 cm³/mol. The van der Waals surface area contributed by atoms with Crippen molar-refractivity contribution in [2.24, 2.45) is 4.99 Å². The molecule has 37 heavy (non-hydrogen) atoms. The van der Waals surface area contributed by atoms with Gasteiger partial charge in [-0.15, -0.1) is 0 Å². The number of hydrogen-bond donors (Lipinski definition) is 1. The van der Waals surface area contributed by atoms with Gasteiger partial charge in [0.25, 0.3) is 5.91 Å². The number of ether oxygens (including phenoxy) is 1. The van der Waals surface area contributed by atoms with Crippen molar-refractivity contribution in [1.29, 1.82) is 0 Å². The minimum Gasteiger partial charge on any atom is -0.497 e. The first-order valence-corrected chi connectivity index (χ1v) is 12.4. The molecule has 1 fully saturated rings. The molecule has 3 aromatic carbocycles. The van der Waals surface area contributed by atoms with Crippen LogP contribution in [0.2, 0.25) is 0 Å². The highest BCUT2D eigenvalue weighted by atomic mass is 32.2. The number of allylic oxidation sites excluding steroid dienone is 2. The molecule has 1 aliphatic rings. The standard InChI is InChI=1S/C29H27N3O4S/c1-31(2)24-15-9-20(10-16-24)5-4-6-26-27(33)32(19-21-7-11-22(12-8-21)28(34)35)29(37-26)30-23-13-17-25(36-3)18-14-23/h4-18H,19H2,1-3H3,(H,34,35)/b5-4+,26-6-,30-29?. The van der Waals surface area contributed by atoms with Crippen molar-refractivity contribution in [3.05, 3.63) is 107 Å². The number of methoxy groups -OCH3 is 1. The number of thioether (sulfide) groups is 1. The van der Waals surface area contributed by atoms with Crippen LogP contribution in [-0.2, 0) is 11.3 Å². The van der Waals surface area contributed by atoms with Crippen molar-refractivity contribution >= 4 is 46.3 Å². The Bertz CT molecular complexity index is 1360. The molecule has 0 saturated carbocycles. The van der Waals surface area contributed by atoms with Gasteiger partial charge in [-0.3, -0.25) is 9.69 Å². The van der Waals surface area contributed by atoms with Gasteiger partial charge in [-0.1, -0.05) is 36.4 Å². The van der Waals surface area contributed by atoms with Crippen LogP contribution in [0.15, 0.2) is 94.8 Å². The van der Waals surface area contributed by atoms with Crippen LogP contribution in [-0.4, -0.2) is 48.3 Å². The van der Waals surface area contributed by atoms with E-state index in [0.717, 1.165) is 22.6 Å². The van der Waals surface area contributed by atoms with Crippen LogP contribution in [0.4, 0.5) is 11.4 Å². The van der Waals surface area contributed by atoms with Crippen LogP contribution in [0.3, 0.4) is 0 Å². The van der Waals surface area contributed by atoms with Crippen LogP contribution in [0, 0.1) is 0 Å². The van der Waals surface area contributed by atoms with Crippen LogP contribution in [0.5, 0.6) is 5.75 Å². The molecule has 0 spiro atoms. The summed E-state index contributed by atoms with van der Waals surface area (Å²) in [6, 6.07) is 21.9. The summed E-state index contributed by atoms with van der Waals surface area (Å²) in [6.45, 7) is 0.272. The van der Waals surface area contributed by atoms with E-state index in [1.165, 1.54) is 23.9 Å². The molecule has 0 aromatic heterocycles. The van der Waals surface area contributed by atoms with Crippen LogP contribution in [0.1, 0.15) is 21.5 Å². The quantitative estimate of drug-likeness (QED) is 0.382. The van der Waals surface area contributed by atoms with Gasteiger partial charge in [0.1, 0.15) is 5.75 Å². The molecular weight excluding hydrogens is 486 g/mol. The predicted octanol–water partition coefficient (Wildman–Crippen LogP) is 5.82. The summed E-state index contributed by atoms with van der Waals surface area (Å²) in [4.78, 5) is 33.5. The highest BCUT2D eigenvalue weighted by Crippen LogP contribution is 2.34. The average Bonchev–Trinajstić information content (AvgIpc) is 3.18. The summed E-state index contributed by atoms with van der Waals surface area (Å²) in [5.41, 5.74) is 3.84. The van der Waals surface area contributed by atoms with Gasteiger partial charge in [-0.05, 0) is 77.5 Å². The number of amides is 1. The van der Waals surface area contributed by atoms with Crippen molar-refractivity contribution in [2.75, 3.05) is 26.1 Å². The normalized spacial score (nSPS) is 15.6. The van der Waals surface area contributed by atoms with Gasteiger partial charge in [-0.2, -0.15) is 0 Å². The molecule has 3 aromatic rings. The van der Waals surface area contributed by atoms with Crippen LogP contribution in [0.25, 0.3) is 6.08 Å². The topological polar surface area (TPSA) is 82.4 Å². The minimum atomic E-state index is -0.991. The molecule has 0 bridgehead atoms. The number of rotatable bonds is 8. The van der Waals surface area contributed by atoms with E-state index in [1.807, 2.05) is 79.7 Å². The molecule has 0 unspecified atom stereocenters. The SMILES string of the molecule is COc1ccc(N=C2S/C(=C\C=C\c3ccc(N(C)C)cc3)C(=O)N2Cc2ccc(C(=O)O)cc2)cc1. The van der Waals surface area contributed by atoms with E-state index in [1.54, 1.807) is 30.2 Å². The number of carbonyl (C=O) groups excluding carboxylic acids is 1. The van der Waals surface area contributed by atoms with Crippen molar-refractivity contribution in [3.8, 4) is 5.75 Å². The number of benzene rings is 3. The lowest BCUT2D eigenvalue weighted by Gasteiger charge is -2.16. The molecule has 1 saturated heterocycles. The number of anilines is 1. The van der Waals surface area contributed by atoms with Gasteiger partial charge in [0.2, 0.25) is 0 Å². The smallest absolute Gasteiger partial charge is 0.335 e. The summed E-state index contributed by atoms with van der Waals surface area (Å²) >= 11 is 1.30. The second kappa shape index (κ2) is 11.6. The minimum absolute atomic E-state index is 0.160. The third-order valence-electron chi connectivity index (χ3n) is 5.67. The lowest BCUT2D eigenvalue weighted by atomic mass is 10.1. The number of aliphatic imine (C=N–C) groups is 1. The Hall–Kier alpha value is -4.30. The molecule has 1 amide bonds. The number of aromatic carboxylic acids is 1. The Morgan fingerprint density at radius 3 is 2.30 bits per heavy atom. The first-order valence-electron chi connectivity index (χ1n) is 11.5. The Morgan fingerprint density at radius 1 is 1.03 bits per heavy atom. The molecule has 1 heterocycles. The van der Waals surface area contributed by atoms with Crippen LogP contribution < -0.4 is 9.64 Å². The number of amidine groups is 1. The summed E-state index contributed by atoms with van der Waals surface area (Å²) < 4.78 is 5.22. The molecule has 8 heteroatoms. The third kappa shape index (κ3) is 6.48. The number of carbonyl (C=O) groups is 2. The van der Waals surface area contributed by atoms with Gasteiger partial charge in [0, 0.05) is 19.8 Å². The van der Waals surface area contributed by atoms with Crippen molar-refractivity contribution in [1.82, 2.24) is 4.90 Å². The summed E-state index contributed by atoms with van der Waals surface area (Å²) in [6.07, 6.45) is 5.61. The Labute approximate surface area is 220 Å². The first kappa shape index (κ1) is 25.8. The van der Waals surface area contributed by atoms with Crippen molar-refractivity contribution in [3.63, 3.8) is 0 Å². The summed E-state index contributed by atoms with van der Waals surface area (Å²) in [5, 5.41) is 9.72. The lowest BCUT2D eigenvalue weighted by Crippen LogP contribution is -2.28. The Balaban J connectivity index is 1.59. The highest BCUT2D eigenvalue weighted by Gasteiger charge is 2.33. The van der Waals surface area contributed by atoms with Crippen LogP contribution >= 0.6 is 11.8 Å². The second-order valence-corrected chi connectivity index (χ2v) is 9.47. The van der Waals surface area contributed by atoms with E-state index in [4.69, 9.17) is 9.73 Å². The second-order valence-electron chi connectivity index (χ2n) is 8.46. The fourth-order valence-electron chi connectivity index (χ4n) is 3.58. The van der Waals surface area contributed by atoms with Gasteiger partial charge < -0.3 is 14.7 Å². The fourth-order valence-corrected chi connectivity index (χ4v) is 4.53. The van der Waals surface area contributed by atoms with E-state index in [-0.39, 0.29) is 18.0 Å². The molecular formula is C29H27N3O4S. The molecule has 0 aliphatic carbocycles. The molecule has 0 atom stereocenters. The molecule has 188 valence electrons. The van der Waals surface area contributed by atoms with E-state index in [9.17, 15) is 14.7 Å². The molecule has 7 nitrogen and oxygen atoms in total. The van der Waals surface area contributed by atoms with Crippen molar-refractivity contribution < 1.29 is 19.4 Å². The first-order chi connectivity index (χ1) is 17.8. The zero-order valence-corrected chi connectivity index (χ0v) is 21.6. The highest BCUT2D eigenvalue weighted by molar-refractivity contribution is 8.18.